The van der Waals surface area contributed by atoms with Crippen LogP contribution in [0.3, 0.4) is 0 Å². The molecule has 32 heavy (non-hydrogen) atoms. The van der Waals surface area contributed by atoms with Gasteiger partial charge in [0.2, 0.25) is 11.8 Å². The summed E-state index contributed by atoms with van der Waals surface area (Å²) in [5.41, 5.74) is 2.12. The van der Waals surface area contributed by atoms with Gasteiger partial charge in [0.15, 0.2) is 11.5 Å². The lowest BCUT2D eigenvalue weighted by Crippen LogP contribution is -2.36. The zero-order valence-electron chi connectivity index (χ0n) is 18.5. The molecular weight excluding hydrogens is 428 g/mol. The van der Waals surface area contributed by atoms with Crippen molar-refractivity contribution in [1.29, 1.82) is 0 Å². The van der Waals surface area contributed by atoms with Gasteiger partial charge in [-0.2, -0.15) is 0 Å². The number of ether oxygens (including phenoxy) is 2. The Hall–Kier alpha value is -2.73. The molecule has 0 spiro atoms. The van der Waals surface area contributed by atoms with Crippen LogP contribution >= 0.6 is 11.6 Å². The smallest absolute Gasteiger partial charge is 0.225 e. The summed E-state index contributed by atoms with van der Waals surface area (Å²) in [6.45, 7) is 1.03. The highest BCUT2D eigenvalue weighted by Crippen LogP contribution is 2.41. The molecule has 0 radical (unpaired) electrons. The number of carbonyl (C=O) groups is 2. The molecule has 2 aromatic carbocycles. The maximum atomic E-state index is 13.0. The molecule has 1 saturated heterocycles. The number of likely N-dealkylation sites (tertiary alicyclic amines) is 1. The number of hydrogen-bond acceptors (Lipinski definition) is 4. The SMILES string of the molecule is COc1ccc(CCN2CC(C(=O)NC(c3ccc(Cl)cc3)C3CC3)CC2=O)cc1OC. The van der Waals surface area contributed by atoms with Crippen molar-refractivity contribution in [3.05, 3.63) is 58.6 Å². The summed E-state index contributed by atoms with van der Waals surface area (Å²) in [5, 5.41) is 3.89. The number of halogens is 1. The van der Waals surface area contributed by atoms with E-state index in [9.17, 15) is 9.59 Å². The lowest BCUT2D eigenvalue weighted by atomic mass is 10.0. The second-order valence-corrected chi connectivity index (χ2v) is 8.99. The van der Waals surface area contributed by atoms with Crippen LogP contribution in [0.15, 0.2) is 42.5 Å². The Morgan fingerprint density at radius 1 is 1.12 bits per heavy atom. The first kappa shape index (κ1) is 22.5. The maximum absolute atomic E-state index is 13.0. The van der Waals surface area contributed by atoms with E-state index in [1.54, 1.807) is 19.1 Å². The van der Waals surface area contributed by atoms with Crippen molar-refractivity contribution < 1.29 is 19.1 Å². The first-order valence-electron chi connectivity index (χ1n) is 11.0. The van der Waals surface area contributed by atoms with Gasteiger partial charge in [0.25, 0.3) is 0 Å². The summed E-state index contributed by atoms with van der Waals surface area (Å²) in [4.78, 5) is 27.3. The van der Waals surface area contributed by atoms with Crippen molar-refractivity contribution >= 4 is 23.4 Å². The van der Waals surface area contributed by atoms with Gasteiger partial charge in [-0.3, -0.25) is 9.59 Å². The van der Waals surface area contributed by atoms with E-state index in [2.05, 4.69) is 5.32 Å². The third-order valence-corrected chi connectivity index (χ3v) is 6.58. The van der Waals surface area contributed by atoms with Crippen LogP contribution < -0.4 is 14.8 Å². The van der Waals surface area contributed by atoms with Gasteiger partial charge in [0.1, 0.15) is 0 Å². The molecule has 2 aromatic rings. The molecule has 0 aromatic heterocycles. The Morgan fingerprint density at radius 2 is 1.84 bits per heavy atom. The maximum Gasteiger partial charge on any atom is 0.225 e. The molecule has 2 unspecified atom stereocenters. The first-order valence-corrected chi connectivity index (χ1v) is 11.4. The molecule has 2 fully saturated rings. The molecule has 7 heteroatoms. The normalized spacial score (nSPS) is 19.0. The number of carbonyl (C=O) groups excluding carboxylic acids is 2. The minimum Gasteiger partial charge on any atom is -0.493 e. The predicted octanol–water partition coefficient (Wildman–Crippen LogP) is 4.02. The molecule has 6 nitrogen and oxygen atoms in total. The van der Waals surface area contributed by atoms with Gasteiger partial charge in [0.05, 0.1) is 26.2 Å². The van der Waals surface area contributed by atoms with Crippen LogP contribution in [0.4, 0.5) is 0 Å². The predicted molar refractivity (Wildman–Crippen MR) is 123 cm³/mol. The second kappa shape index (κ2) is 9.82. The number of methoxy groups -OCH3 is 2. The highest BCUT2D eigenvalue weighted by molar-refractivity contribution is 6.30. The van der Waals surface area contributed by atoms with Crippen molar-refractivity contribution in [2.45, 2.75) is 31.7 Å². The van der Waals surface area contributed by atoms with Crippen LogP contribution in [-0.2, 0) is 16.0 Å². The van der Waals surface area contributed by atoms with E-state index in [4.69, 9.17) is 21.1 Å². The number of benzene rings is 2. The van der Waals surface area contributed by atoms with E-state index in [0.29, 0.717) is 41.9 Å². The van der Waals surface area contributed by atoms with Gasteiger partial charge in [0, 0.05) is 24.5 Å². The summed E-state index contributed by atoms with van der Waals surface area (Å²) in [6, 6.07) is 13.4. The number of amides is 2. The number of rotatable bonds is 9. The Labute approximate surface area is 193 Å². The Morgan fingerprint density at radius 3 is 2.50 bits per heavy atom. The quantitative estimate of drug-likeness (QED) is 0.619. The van der Waals surface area contributed by atoms with E-state index >= 15 is 0 Å². The summed E-state index contributed by atoms with van der Waals surface area (Å²) in [6.07, 6.45) is 3.16. The highest BCUT2D eigenvalue weighted by atomic mass is 35.5. The van der Waals surface area contributed by atoms with Gasteiger partial charge in [-0.15, -0.1) is 0 Å². The van der Waals surface area contributed by atoms with Crippen molar-refractivity contribution in [2.24, 2.45) is 11.8 Å². The summed E-state index contributed by atoms with van der Waals surface area (Å²) < 4.78 is 10.6. The minimum absolute atomic E-state index is 0.0179. The first-order chi connectivity index (χ1) is 15.5. The molecule has 2 atom stereocenters. The van der Waals surface area contributed by atoms with Crippen molar-refractivity contribution in [1.82, 2.24) is 10.2 Å². The molecule has 0 bridgehead atoms. The fraction of sp³-hybridized carbons (Fsp3) is 0.440. The molecule has 1 N–H and O–H groups in total. The van der Waals surface area contributed by atoms with Gasteiger partial charge in [-0.05, 0) is 60.6 Å². The zero-order valence-corrected chi connectivity index (χ0v) is 19.2. The summed E-state index contributed by atoms with van der Waals surface area (Å²) in [7, 11) is 3.21. The molecule has 1 aliphatic carbocycles. The highest BCUT2D eigenvalue weighted by Gasteiger charge is 2.38. The van der Waals surface area contributed by atoms with Crippen LogP contribution in [0.25, 0.3) is 0 Å². The molecular formula is C25H29ClN2O4. The monoisotopic (exact) mass is 456 g/mol. The number of hydrogen-bond donors (Lipinski definition) is 1. The van der Waals surface area contributed by atoms with Gasteiger partial charge in [-0.25, -0.2) is 0 Å². The van der Waals surface area contributed by atoms with Crippen molar-refractivity contribution in [3.8, 4) is 11.5 Å². The van der Waals surface area contributed by atoms with Crippen LogP contribution in [0.5, 0.6) is 11.5 Å². The molecule has 170 valence electrons. The standard InChI is InChI=1S/C25H29ClN2O4/c1-31-21-10-3-16(13-22(21)32-2)11-12-28-15-19(14-23(28)29)25(30)27-24(17-4-5-17)18-6-8-20(26)9-7-18/h3,6-10,13,17,19,24H,4-5,11-12,14-15H2,1-2H3,(H,27,30). The van der Waals surface area contributed by atoms with E-state index in [1.165, 1.54) is 0 Å². The average molecular weight is 457 g/mol. The van der Waals surface area contributed by atoms with E-state index in [1.807, 2.05) is 42.5 Å². The topological polar surface area (TPSA) is 67.9 Å². The second-order valence-electron chi connectivity index (χ2n) is 8.56. The zero-order chi connectivity index (χ0) is 22.7. The Kier molecular flexibility index (Phi) is 6.89. The average Bonchev–Trinajstić information content (AvgIpc) is 3.58. The summed E-state index contributed by atoms with van der Waals surface area (Å²) >= 11 is 6.02. The Bertz CT molecular complexity index is 974. The summed E-state index contributed by atoms with van der Waals surface area (Å²) in [5.74, 6) is 1.47. The number of nitrogens with zero attached hydrogens (tertiary/aromatic N) is 1. The van der Waals surface area contributed by atoms with Crippen LogP contribution in [0, 0.1) is 11.8 Å². The van der Waals surface area contributed by atoms with Crippen LogP contribution in [0.2, 0.25) is 5.02 Å². The van der Waals surface area contributed by atoms with E-state index in [0.717, 1.165) is 24.0 Å². The van der Waals surface area contributed by atoms with Gasteiger partial charge >= 0.3 is 0 Å². The van der Waals surface area contributed by atoms with Crippen molar-refractivity contribution in [2.75, 3.05) is 27.3 Å². The molecule has 1 aliphatic heterocycles. The fourth-order valence-electron chi connectivity index (χ4n) is 4.31. The van der Waals surface area contributed by atoms with Crippen molar-refractivity contribution in [3.63, 3.8) is 0 Å². The van der Waals surface area contributed by atoms with Crippen LogP contribution in [-0.4, -0.2) is 44.0 Å². The third-order valence-electron chi connectivity index (χ3n) is 6.32. The van der Waals surface area contributed by atoms with Gasteiger partial charge < -0.3 is 19.7 Å². The van der Waals surface area contributed by atoms with Gasteiger partial charge in [-0.1, -0.05) is 29.8 Å². The molecule has 2 amide bonds. The fourth-order valence-corrected chi connectivity index (χ4v) is 4.43. The lowest BCUT2D eigenvalue weighted by molar-refractivity contribution is -0.129. The molecule has 4 rings (SSSR count). The Balaban J connectivity index is 1.34. The largest absolute Gasteiger partial charge is 0.493 e. The van der Waals surface area contributed by atoms with E-state index in [-0.39, 0.29) is 30.2 Å². The van der Waals surface area contributed by atoms with Crippen LogP contribution in [0.1, 0.15) is 36.4 Å². The molecule has 1 saturated carbocycles. The number of nitrogens with one attached hydrogen (secondary N) is 1. The lowest BCUT2D eigenvalue weighted by Gasteiger charge is -2.21. The third kappa shape index (κ3) is 5.18. The van der Waals surface area contributed by atoms with E-state index < -0.39 is 0 Å². The minimum atomic E-state index is -0.318. The molecule has 2 aliphatic rings. The molecule has 1 heterocycles.